The first-order valence-corrected chi connectivity index (χ1v) is 7.49. The lowest BCUT2D eigenvalue weighted by Gasteiger charge is -2.12. The van der Waals surface area contributed by atoms with E-state index in [0.29, 0.717) is 5.92 Å². The van der Waals surface area contributed by atoms with Crippen molar-refractivity contribution in [1.82, 2.24) is 10.3 Å². The van der Waals surface area contributed by atoms with Crippen LogP contribution in [-0.2, 0) is 6.42 Å². The minimum absolute atomic E-state index is 0.557. The molecule has 19 heavy (non-hydrogen) atoms. The molecule has 2 nitrogen and oxygen atoms in total. The van der Waals surface area contributed by atoms with Gasteiger partial charge in [0.25, 0.3) is 0 Å². The van der Waals surface area contributed by atoms with Crippen molar-refractivity contribution in [3.05, 3.63) is 41.2 Å². The molecule has 0 aromatic carbocycles. The molecule has 0 saturated carbocycles. The van der Waals surface area contributed by atoms with Gasteiger partial charge in [0.1, 0.15) is 0 Å². The Bertz CT molecular complexity index is 435. The molecular formula is C17H26N2. The number of aryl methyl sites for hydroxylation is 1. The van der Waals surface area contributed by atoms with Gasteiger partial charge in [-0.1, -0.05) is 31.6 Å². The summed E-state index contributed by atoms with van der Waals surface area (Å²) < 4.78 is 0. The fourth-order valence-electron chi connectivity index (χ4n) is 2.79. The first-order chi connectivity index (χ1) is 9.18. The Morgan fingerprint density at radius 1 is 1.53 bits per heavy atom. The van der Waals surface area contributed by atoms with Crippen LogP contribution in [0, 0.1) is 5.92 Å². The summed E-state index contributed by atoms with van der Waals surface area (Å²) in [6, 6.07) is 4.27. The van der Waals surface area contributed by atoms with E-state index in [0.717, 1.165) is 25.4 Å². The monoisotopic (exact) mass is 258 g/mol. The maximum atomic E-state index is 4.57. The molecule has 0 amide bonds. The summed E-state index contributed by atoms with van der Waals surface area (Å²) in [4.78, 5) is 4.57. The predicted octanol–water partition coefficient (Wildman–Crippen LogP) is 3.69. The lowest BCUT2D eigenvalue weighted by molar-refractivity contribution is 0.556. The van der Waals surface area contributed by atoms with Crippen molar-refractivity contribution in [2.24, 2.45) is 5.92 Å². The van der Waals surface area contributed by atoms with Crippen molar-refractivity contribution < 1.29 is 0 Å². The molecule has 0 spiro atoms. The van der Waals surface area contributed by atoms with E-state index in [2.05, 4.69) is 49.3 Å². The smallest absolute Gasteiger partial charge is 0.0506 e. The Labute approximate surface area is 117 Å². The van der Waals surface area contributed by atoms with Crippen LogP contribution < -0.4 is 5.32 Å². The Hall–Kier alpha value is -1.15. The average Bonchev–Trinajstić information content (AvgIpc) is 2.81. The van der Waals surface area contributed by atoms with Crippen LogP contribution in [0.4, 0.5) is 0 Å². The molecule has 0 bridgehead atoms. The summed E-state index contributed by atoms with van der Waals surface area (Å²) >= 11 is 0. The highest BCUT2D eigenvalue weighted by Gasteiger charge is 2.24. The molecule has 104 valence electrons. The standard InChI is InChI=1S/C17H26N2/c1-13(2)12-18-10-4-6-14(3)16-9-8-15-7-5-11-19-17(15)16/h5-7,11,13,16,18H,4,8-10,12H2,1-3H3. The predicted molar refractivity (Wildman–Crippen MR) is 81.4 cm³/mol. The molecule has 1 aromatic rings. The van der Waals surface area contributed by atoms with Crippen molar-refractivity contribution in [3.8, 4) is 0 Å². The molecule has 0 aliphatic heterocycles. The van der Waals surface area contributed by atoms with E-state index in [1.165, 1.54) is 29.7 Å². The van der Waals surface area contributed by atoms with Crippen molar-refractivity contribution in [2.75, 3.05) is 13.1 Å². The van der Waals surface area contributed by atoms with Gasteiger partial charge in [-0.2, -0.15) is 0 Å². The maximum absolute atomic E-state index is 4.57. The third kappa shape index (κ3) is 3.90. The SMILES string of the molecule is CC(=CCCNCC(C)C)C1CCc2cccnc21. The second kappa shape index (κ2) is 6.85. The zero-order valence-electron chi connectivity index (χ0n) is 12.4. The van der Waals surface area contributed by atoms with E-state index >= 15 is 0 Å². The summed E-state index contributed by atoms with van der Waals surface area (Å²) in [5.74, 6) is 1.29. The minimum atomic E-state index is 0.557. The zero-order chi connectivity index (χ0) is 13.7. The van der Waals surface area contributed by atoms with Crippen LogP contribution in [0.3, 0.4) is 0 Å². The largest absolute Gasteiger partial charge is 0.316 e. The van der Waals surface area contributed by atoms with Crippen LogP contribution >= 0.6 is 0 Å². The van der Waals surface area contributed by atoms with Crippen LogP contribution in [0.5, 0.6) is 0 Å². The lowest BCUT2D eigenvalue weighted by atomic mass is 9.97. The van der Waals surface area contributed by atoms with Gasteiger partial charge in [0, 0.05) is 12.1 Å². The molecule has 1 unspecified atom stereocenters. The fourth-order valence-corrected chi connectivity index (χ4v) is 2.79. The van der Waals surface area contributed by atoms with Gasteiger partial charge in [-0.25, -0.2) is 0 Å². The molecule has 1 aliphatic carbocycles. The highest BCUT2D eigenvalue weighted by molar-refractivity contribution is 5.34. The van der Waals surface area contributed by atoms with Crippen LogP contribution in [0.1, 0.15) is 50.8 Å². The Morgan fingerprint density at radius 3 is 3.16 bits per heavy atom. The second-order valence-electron chi connectivity index (χ2n) is 5.97. The molecule has 0 radical (unpaired) electrons. The number of rotatable bonds is 6. The topological polar surface area (TPSA) is 24.9 Å². The number of aromatic nitrogens is 1. The molecule has 1 aliphatic rings. The van der Waals surface area contributed by atoms with E-state index in [-0.39, 0.29) is 0 Å². The Morgan fingerprint density at radius 2 is 2.37 bits per heavy atom. The number of fused-ring (bicyclic) bond motifs is 1. The van der Waals surface area contributed by atoms with E-state index in [1.54, 1.807) is 0 Å². The van der Waals surface area contributed by atoms with Crippen molar-refractivity contribution in [1.29, 1.82) is 0 Å². The molecule has 1 aromatic heterocycles. The average molecular weight is 258 g/mol. The summed E-state index contributed by atoms with van der Waals surface area (Å²) in [5.41, 5.74) is 4.24. The number of allylic oxidation sites excluding steroid dienone is 1. The maximum Gasteiger partial charge on any atom is 0.0506 e. The van der Waals surface area contributed by atoms with Crippen LogP contribution in [-0.4, -0.2) is 18.1 Å². The van der Waals surface area contributed by atoms with E-state index in [4.69, 9.17) is 0 Å². The van der Waals surface area contributed by atoms with Crippen LogP contribution in [0.25, 0.3) is 0 Å². The lowest BCUT2D eigenvalue weighted by Crippen LogP contribution is -2.20. The number of pyridine rings is 1. The first kappa shape index (κ1) is 14.3. The van der Waals surface area contributed by atoms with Gasteiger partial charge in [-0.3, -0.25) is 4.98 Å². The molecule has 1 atom stereocenters. The quantitative estimate of drug-likeness (QED) is 0.622. The van der Waals surface area contributed by atoms with Crippen LogP contribution in [0.2, 0.25) is 0 Å². The summed E-state index contributed by atoms with van der Waals surface area (Å²) in [6.07, 6.45) is 7.85. The van der Waals surface area contributed by atoms with Gasteiger partial charge in [0.05, 0.1) is 5.69 Å². The van der Waals surface area contributed by atoms with E-state index in [9.17, 15) is 0 Å². The van der Waals surface area contributed by atoms with Gasteiger partial charge in [-0.05, 0) is 56.8 Å². The third-order valence-corrected chi connectivity index (χ3v) is 3.85. The first-order valence-electron chi connectivity index (χ1n) is 7.49. The molecule has 2 rings (SSSR count). The van der Waals surface area contributed by atoms with Gasteiger partial charge in [0.2, 0.25) is 0 Å². The highest BCUT2D eigenvalue weighted by atomic mass is 14.8. The van der Waals surface area contributed by atoms with Crippen molar-refractivity contribution in [3.63, 3.8) is 0 Å². The van der Waals surface area contributed by atoms with Gasteiger partial charge in [0.15, 0.2) is 0 Å². The molecule has 2 heteroatoms. The van der Waals surface area contributed by atoms with Crippen molar-refractivity contribution in [2.45, 2.75) is 46.0 Å². The van der Waals surface area contributed by atoms with E-state index in [1.807, 2.05) is 6.20 Å². The normalized spacial score (nSPS) is 18.9. The van der Waals surface area contributed by atoms with Gasteiger partial charge < -0.3 is 5.32 Å². The summed E-state index contributed by atoms with van der Waals surface area (Å²) in [5, 5.41) is 3.49. The molecule has 1 N–H and O–H groups in total. The van der Waals surface area contributed by atoms with E-state index < -0.39 is 0 Å². The van der Waals surface area contributed by atoms with Gasteiger partial charge in [-0.15, -0.1) is 0 Å². The number of nitrogens with zero attached hydrogens (tertiary/aromatic N) is 1. The highest BCUT2D eigenvalue weighted by Crippen LogP contribution is 2.36. The Balaban J connectivity index is 1.85. The third-order valence-electron chi connectivity index (χ3n) is 3.85. The molecular weight excluding hydrogens is 232 g/mol. The van der Waals surface area contributed by atoms with Crippen LogP contribution in [0.15, 0.2) is 30.0 Å². The number of nitrogens with one attached hydrogen (secondary N) is 1. The van der Waals surface area contributed by atoms with Crippen molar-refractivity contribution >= 4 is 0 Å². The number of hydrogen-bond acceptors (Lipinski definition) is 2. The second-order valence-corrected chi connectivity index (χ2v) is 5.97. The van der Waals surface area contributed by atoms with Gasteiger partial charge >= 0.3 is 0 Å². The molecule has 0 saturated heterocycles. The Kier molecular flexibility index (Phi) is 5.15. The minimum Gasteiger partial charge on any atom is -0.316 e. The zero-order valence-corrected chi connectivity index (χ0v) is 12.4. The summed E-state index contributed by atoms with van der Waals surface area (Å²) in [7, 11) is 0. The fraction of sp³-hybridized carbons (Fsp3) is 0.588. The molecule has 1 heterocycles. The number of hydrogen-bond donors (Lipinski definition) is 1. The summed E-state index contributed by atoms with van der Waals surface area (Å²) in [6.45, 7) is 8.94. The molecule has 0 fully saturated rings.